The molecule has 0 spiro atoms. The number of aryl methyl sites for hydroxylation is 2. The quantitative estimate of drug-likeness (QED) is 0.832. The molecule has 3 nitrogen and oxygen atoms in total. The first-order valence-electron chi connectivity index (χ1n) is 8.75. The Morgan fingerprint density at radius 3 is 2.67 bits per heavy atom. The van der Waals surface area contributed by atoms with E-state index in [4.69, 9.17) is 0 Å². The zero-order chi connectivity index (χ0) is 16.9. The fraction of sp³-hybridized carbons (Fsp3) is 0.450. The van der Waals surface area contributed by atoms with E-state index in [2.05, 4.69) is 28.4 Å². The van der Waals surface area contributed by atoms with Gasteiger partial charge in [-0.25, -0.2) is 0 Å². The number of nitrogens with zero attached hydrogens (tertiary/aromatic N) is 1. The predicted octanol–water partition coefficient (Wildman–Crippen LogP) is 4.05. The number of hydrogen-bond donors (Lipinski definition) is 1. The molecule has 0 unspecified atom stereocenters. The standard InChI is InChI=1S/C20H26N2OS/c1-22(2)14-17(15-9-5-3-6-10-15)21-20(23)19-13-16-11-7-4-8-12-18(16)24-19/h3,5-6,9-10,13,17H,4,7-8,11-12,14H2,1-2H3,(H,21,23)/t17-/m1/s1. The fourth-order valence-electron chi connectivity index (χ4n) is 3.29. The lowest BCUT2D eigenvalue weighted by molar-refractivity contribution is 0.0934. The van der Waals surface area contributed by atoms with Gasteiger partial charge in [0.05, 0.1) is 10.9 Å². The molecule has 1 N–H and O–H groups in total. The Bertz CT molecular complexity index is 655. The minimum absolute atomic E-state index is 0.00982. The zero-order valence-electron chi connectivity index (χ0n) is 14.5. The molecule has 1 atom stereocenters. The highest BCUT2D eigenvalue weighted by Gasteiger charge is 2.20. The number of thiophene rings is 1. The van der Waals surface area contributed by atoms with E-state index in [1.54, 1.807) is 11.3 Å². The van der Waals surface area contributed by atoms with E-state index in [1.165, 1.54) is 29.7 Å². The minimum Gasteiger partial charge on any atom is -0.343 e. The number of nitrogens with one attached hydrogen (secondary N) is 1. The summed E-state index contributed by atoms with van der Waals surface area (Å²) >= 11 is 1.69. The number of rotatable bonds is 5. The summed E-state index contributed by atoms with van der Waals surface area (Å²) in [5.41, 5.74) is 2.55. The second-order valence-electron chi connectivity index (χ2n) is 6.82. The third kappa shape index (κ3) is 4.25. The van der Waals surface area contributed by atoms with Gasteiger partial charge in [0.25, 0.3) is 5.91 Å². The van der Waals surface area contributed by atoms with Crippen LogP contribution in [0.5, 0.6) is 0 Å². The van der Waals surface area contributed by atoms with E-state index in [-0.39, 0.29) is 11.9 Å². The van der Waals surface area contributed by atoms with E-state index in [1.807, 2.05) is 32.3 Å². The Kier molecular flexibility index (Phi) is 5.69. The normalized spacial score (nSPS) is 15.6. The van der Waals surface area contributed by atoms with Gasteiger partial charge in [0.2, 0.25) is 0 Å². The molecule has 0 saturated heterocycles. The van der Waals surface area contributed by atoms with Crippen molar-refractivity contribution < 1.29 is 4.79 Å². The summed E-state index contributed by atoms with van der Waals surface area (Å²) in [6, 6.07) is 12.4. The molecule has 128 valence electrons. The number of hydrogen-bond acceptors (Lipinski definition) is 3. The van der Waals surface area contributed by atoms with Crippen molar-refractivity contribution in [2.75, 3.05) is 20.6 Å². The first kappa shape index (κ1) is 17.2. The van der Waals surface area contributed by atoms with Crippen LogP contribution in [-0.4, -0.2) is 31.4 Å². The molecule has 1 aliphatic carbocycles. The van der Waals surface area contributed by atoms with Gasteiger partial charge in [-0.2, -0.15) is 0 Å². The molecular weight excluding hydrogens is 316 g/mol. The summed E-state index contributed by atoms with van der Waals surface area (Å²) < 4.78 is 0. The molecule has 0 bridgehead atoms. The molecule has 0 aliphatic heterocycles. The van der Waals surface area contributed by atoms with Crippen LogP contribution in [0.3, 0.4) is 0 Å². The van der Waals surface area contributed by atoms with Crippen molar-refractivity contribution >= 4 is 17.2 Å². The maximum absolute atomic E-state index is 12.8. The lowest BCUT2D eigenvalue weighted by atomic mass is 10.1. The Morgan fingerprint density at radius 1 is 1.17 bits per heavy atom. The highest BCUT2D eigenvalue weighted by molar-refractivity contribution is 7.14. The molecule has 1 heterocycles. The first-order valence-corrected chi connectivity index (χ1v) is 9.57. The number of benzene rings is 1. The van der Waals surface area contributed by atoms with Gasteiger partial charge in [-0.1, -0.05) is 36.8 Å². The van der Waals surface area contributed by atoms with Crippen molar-refractivity contribution in [3.8, 4) is 0 Å². The molecular formula is C20H26N2OS. The van der Waals surface area contributed by atoms with Gasteiger partial charge >= 0.3 is 0 Å². The van der Waals surface area contributed by atoms with Crippen molar-refractivity contribution in [1.29, 1.82) is 0 Å². The SMILES string of the molecule is CN(C)C[C@@H](NC(=O)c1cc2c(s1)CCCCC2)c1ccccc1. The topological polar surface area (TPSA) is 32.3 Å². The molecule has 1 aromatic carbocycles. The summed E-state index contributed by atoms with van der Waals surface area (Å²) in [5, 5.41) is 3.24. The van der Waals surface area contributed by atoms with Crippen LogP contribution in [-0.2, 0) is 12.8 Å². The van der Waals surface area contributed by atoms with Crippen LogP contribution in [0.4, 0.5) is 0 Å². The Hall–Kier alpha value is -1.65. The first-order chi connectivity index (χ1) is 11.6. The molecule has 0 radical (unpaired) electrons. The molecule has 0 saturated carbocycles. The lowest BCUT2D eigenvalue weighted by Crippen LogP contribution is -2.35. The zero-order valence-corrected chi connectivity index (χ0v) is 15.4. The maximum atomic E-state index is 12.8. The van der Waals surface area contributed by atoms with Crippen LogP contribution < -0.4 is 5.32 Å². The smallest absolute Gasteiger partial charge is 0.261 e. The van der Waals surface area contributed by atoms with Crippen LogP contribution in [0.25, 0.3) is 0 Å². The van der Waals surface area contributed by atoms with E-state index >= 15 is 0 Å². The van der Waals surface area contributed by atoms with Crippen molar-refractivity contribution in [3.05, 3.63) is 57.3 Å². The van der Waals surface area contributed by atoms with E-state index in [0.717, 1.165) is 29.8 Å². The lowest BCUT2D eigenvalue weighted by Gasteiger charge is -2.22. The average Bonchev–Trinajstić information content (AvgIpc) is 2.86. The largest absolute Gasteiger partial charge is 0.343 e. The number of amides is 1. The van der Waals surface area contributed by atoms with Crippen LogP contribution in [0.15, 0.2) is 36.4 Å². The molecule has 24 heavy (non-hydrogen) atoms. The molecule has 3 rings (SSSR count). The minimum atomic E-state index is 0.00982. The fourth-order valence-corrected chi connectivity index (χ4v) is 4.45. The van der Waals surface area contributed by atoms with Gasteiger partial charge in [-0.15, -0.1) is 11.3 Å². The Morgan fingerprint density at radius 2 is 1.92 bits per heavy atom. The van der Waals surface area contributed by atoms with E-state index in [9.17, 15) is 4.79 Å². The third-order valence-corrected chi connectivity index (χ3v) is 5.76. The van der Waals surface area contributed by atoms with Crippen molar-refractivity contribution in [2.45, 2.75) is 38.1 Å². The summed E-state index contributed by atoms with van der Waals surface area (Å²) in [5.74, 6) is 0.0591. The van der Waals surface area contributed by atoms with E-state index < -0.39 is 0 Å². The summed E-state index contributed by atoms with van der Waals surface area (Å²) in [4.78, 5) is 17.2. The second kappa shape index (κ2) is 7.95. The van der Waals surface area contributed by atoms with Gasteiger partial charge in [0.1, 0.15) is 0 Å². The van der Waals surface area contributed by atoms with E-state index in [0.29, 0.717) is 0 Å². The molecule has 1 amide bonds. The van der Waals surface area contributed by atoms with Crippen LogP contribution in [0.2, 0.25) is 0 Å². The van der Waals surface area contributed by atoms with Crippen LogP contribution >= 0.6 is 11.3 Å². The number of carbonyl (C=O) groups is 1. The van der Waals surface area contributed by atoms with Gasteiger partial charge in [0.15, 0.2) is 0 Å². The molecule has 1 aromatic heterocycles. The average molecular weight is 343 g/mol. The van der Waals surface area contributed by atoms with Crippen LogP contribution in [0, 0.1) is 0 Å². The van der Waals surface area contributed by atoms with Crippen molar-refractivity contribution in [1.82, 2.24) is 10.2 Å². The van der Waals surface area contributed by atoms with Gasteiger partial charge in [-0.3, -0.25) is 4.79 Å². The maximum Gasteiger partial charge on any atom is 0.261 e. The summed E-state index contributed by atoms with van der Waals surface area (Å²) in [6.45, 7) is 0.793. The summed E-state index contributed by atoms with van der Waals surface area (Å²) in [6.07, 6.45) is 6.06. The van der Waals surface area contributed by atoms with Crippen molar-refractivity contribution in [2.24, 2.45) is 0 Å². The molecule has 4 heteroatoms. The highest BCUT2D eigenvalue weighted by Crippen LogP contribution is 2.29. The van der Waals surface area contributed by atoms with Crippen LogP contribution in [0.1, 0.15) is 51.0 Å². The van der Waals surface area contributed by atoms with Crippen molar-refractivity contribution in [3.63, 3.8) is 0 Å². The highest BCUT2D eigenvalue weighted by atomic mass is 32.1. The predicted molar refractivity (Wildman–Crippen MR) is 101 cm³/mol. The van der Waals surface area contributed by atoms with Gasteiger partial charge in [-0.05, 0) is 57.0 Å². The third-order valence-electron chi connectivity index (χ3n) is 4.53. The number of likely N-dealkylation sites (N-methyl/N-ethyl adjacent to an activating group) is 1. The molecule has 1 aliphatic rings. The monoisotopic (exact) mass is 342 g/mol. The summed E-state index contributed by atoms with van der Waals surface area (Å²) in [7, 11) is 4.07. The Labute approximate surface area is 148 Å². The van der Waals surface area contributed by atoms with Gasteiger partial charge < -0.3 is 10.2 Å². The number of fused-ring (bicyclic) bond motifs is 1. The van der Waals surface area contributed by atoms with Gasteiger partial charge in [0, 0.05) is 11.4 Å². The second-order valence-corrected chi connectivity index (χ2v) is 7.96. The molecule has 2 aromatic rings. The molecule has 0 fully saturated rings. The Balaban J connectivity index is 1.76. The number of carbonyl (C=O) groups excluding carboxylic acids is 1.